The fraction of sp³-hybridized carbons (Fsp3) is 0.562. The highest BCUT2D eigenvalue weighted by molar-refractivity contribution is 5.89. The van der Waals surface area contributed by atoms with Crippen molar-refractivity contribution in [2.24, 2.45) is 0 Å². The topological polar surface area (TPSA) is 50.4 Å². The first-order chi connectivity index (χ1) is 9.43. The van der Waals surface area contributed by atoms with Crippen LogP contribution in [0.25, 0.3) is 0 Å². The maximum absolute atomic E-state index is 11.7. The van der Waals surface area contributed by atoms with Crippen LogP contribution in [0.4, 0.5) is 10.5 Å². The summed E-state index contributed by atoms with van der Waals surface area (Å²) in [6, 6.07) is 7.78. The molecule has 0 saturated heterocycles. The normalized spacial score (nSPS) is 11.2. The molecule has 0 unspecified atom stereocenters. The van der Waals surface area contributed by atoms with Gasteiger partial charge in [0.25, 0.3) is 0 Å². The van der Waals surface area contributed by atoms with E-state index in [2.05, 4.69) is 31.4 Å². The second kappa shape index (κ2) is 7.90. The molecule has 20 heavy (non-hydrogen) atoms. The predicted molar refractivity (Wildman–Crippen MR) is 83.3 cm³/mol. The zero-order valence-electron chi connectivity index (χ0n) is 13.0. The maximum atomic E-state index is 11.7. The molecule has 4 nitrogen and oxygen atoms in total. The average Bonchev–Trinajstić information content (AvgIpc) is 2.38. The molecule has 4 heteroatoms. The minimum atomic E-state index is -0.176. The molecule has 112 valence electrons. The molecule has 1 rings (SSSR count). The summed E-state index contributed by atoms with van der Waals surface area (Å²) in [5, 5.41) is 5.63. The van der Waals surface area contributed by atoms with Gasteiger partial charge >= 0.3 is 6.03 Å². The van der Waals surface area contributed by atoms with Crippen molar-refractivity contribution in [1.29, 1.82) is 0 Å². The Morgan fingerprint density at radius 3 is 2.40 bits per heavy atom. The molecule has 0 fully saturated rings. The van der Waals surface area contributed by atoms with Gasteiger partial charge in [-0.15, -0.1) is 0 Å². The van der Waals surface area contributed by atoms with Gasteiger partial charge in [-0.3, -0.25) is 0 Å². The standard InChI is InChI=1S/C16H26N2O2/c1-5-20-12-6-11-17-15(19)18-14-9-7-13(8-10-14)16(2,3)4/h7-10H,5-6,11-12H2,1-4H3,(H2,17,18,19). The fourth-order valence-corrected chi connectivity index (χ4v) is 1.75. The van der Waals surface area contributed by atoms with E-state index in [4.69, 9.17) is 4.74 Å². The molecular formula is C16H26N2O2. The largest absolute Gasteiger partial charge is 0.382 e. The van der Waals surface area contributed by atoms with Gasteiger partial charge in [0.1, 0.15) is 0 Å². The molecule has 0 atom stereocenters. The van der Waals surface area contributed by atoms with E-state index in [0.29, 0.717) is 19.8 Å². The molecular weight excluding hydrogens is 252 g/mol. The number of hydrogen-bond acceptors (Lipinski definition) is 2. The van der Waals surface area contributed by atoms with Gasteiger partial charge in [0.2, 0.25) is 0 Å². The molecule has 1 aromatic rings. The van der Waals surface area contributed by atoms with E-state index in [1.165, 1.54) is 5.56 Å². The number of carbonyl (C=O) groups is 1. The second-order valence-corrected chi connectivity index (χ2v) is 5.76. The number of anilines is 1. The van der Waals surface area contributed by atoms with E-state index >= 15 is 0 Å². The minimum Gasteiger partial charge on any atom is -0.382 e. The SMILES string of the molecule is CCOCCCNC(=O)Nc1ccc(C(C)(C)C)cc1. The summed E-state index contributed by atoms with van der Waals surface area (Å²) in [5.41, 5.74) is 2.18. The van der Waals surface area contributed by atoms with Crippen molar-refractivity contribution in [2.45, 2.75) is 39.5 Å². The van der Waals surface area contributed by atoms with Crippen LogP contribution in [0.2, 0.25) is 0 Å². The van der Waals surface area contributed by atoms with Gasteiger partial charge in [-0.2, -0.15) is 0 Å². The van der Waals surface area contributed by atoms with Crippen molar-refractivity contribution < 1.29 is 9.53 Å². The van der Waals surface area contributed by atoms with Gasteiger partial charge in [0.05, 0.1) is 0 Å². The predicted octanol–water partition coefficient (Wildman–Crippen LogP) is 3.53. The first kappa shape index (κ1) is 16.5. The first-order valence-electron chi connectivity index (χ1n) is 7.16. The van der Waals surface area contributed by atoms with Crippen LogP contribution in [-0.2, 0) is 10.2 Å². The zero-order chi connectivity index (χ0) is 15.0. The number of benzene rings is 1. The summed E-state index contributed by atoms with van der Waals surface area (Å²) < 4.78 is 5.21. The monoisotopic (exact) mass is 278 g/mol. The molecule has 0 aliphatic heterocycles. The summed E-state index contributed by atoms with van der Waals surface area (Å²) in [5.74, 6) is 0. The minimum absolute atomic E-state index is 0.125. The van der Waals surface area contributed by atoms with E-state index in [0.717, 1.165) is 12.1 Å². The van der Waals surface area contributed by atoms with Crippen LogP contribution in [0.15, 0.2) is 24.3 Å². The van der Waals surface area contributed by atoms with E-state index in [9.17, 15) is 4.79 Å². The number of carbonyl (C=O) groups excluding carboxylic acids is 1. The van der Waals surface area contributed by atoms with E-state index < -0.39 is 0 Å². The average molecular weight is 278 g/mol. The summed E-state index contributed by atoms with van der Waals surface area (Å²) in [6.45, 7) is 10.5. The highest BCUT2D eigenvalue weighted by Gasteiger charge is 2.13. The lowest BCUT2D eigenvalue weighted by Crippen LogP contribution is -2.30. The molecule has 0 aliphatic carbocycles. The van der Waals surface area contributed by atoms with Crippen LogP contribution in [0.5, 0.6) is 0 Å². The van der Waals surface area contributed by atoms with Crippen molar-refractivity contribution in [2.75, 3.05) is 25.1 Å². The molecule has 0 saturated carbocycles. The van der Waals surface area contributed by atoms with E-state index in [-0.39, 0.29) is 11.4 Å². The highest BCUT2D eigenvalue weighted by atomic mass is 16.5. The lowest BCUT2D eigenvalue weighted by atomic mass is 9.87. The molecule has 0 radical (unpaired) electrons. The molecule has 1 aromatic carbocycles. The van der Waals surface area contributed by atoms with Crippen LogP contribution in [0.3, 0.4) is 0 Å². The Kier molecular flexibility index (Phi) is 6.52. The lowest BCUT2D eigenvalue weighted by molar-refractivity contribution is 0.145. The number of amides is 2. The van der Waals surface area contributed by atoms with Gasteiger partial charge in [-0.25, -0.2) is 4.79 Å². The van der Waals surface area contributed by atoms with E-state index in [1.807, 2.05) is 31.2 Å². The molecule has 0 aromatic heterocycles. The fourth-order valence-electron chi connectivity index (χ4n) is 1.75. The van der Waals surface area contributed by atoms with Crippen molar-refractivity contribution in [3.05, 3.63) is 29.8 Å². The number of hydrogen-bond donors (Lipinski definition) is 2. The first-order valence-corrected chi connectivity index (χ1v) is 7.16. The Morgan fingerprint density at radius 2 is 1.85 bits per heavy atom. The van der Waals surface area contributed by atoms with E-state index in [1.54, 1.807) is 0 Å². The third-order valence-electron chi connectivity index (χ3n) is 2.96. The van der Waals surface area contributed by atoms with Gasteiger partial charge in [0, 0.05) is 25.4 Å². The Labute approximate surface area is 121 Å². The zero-order valence-corrected chi connectivity index (χ0v) is 13.0. The third-order valence-corrected chi connectivity index (χ3v) is 2.96. The number of rotatable bonds is 6. The van der Waals surface area contributed by atoms with Crippen LogP contribution in [0, 0.1) is 0 Å². The maximum Gasteiger partial charge on any atom is 0.319 e. The highest BCUT2D eigenvalue weighted by Crippen LogP contribution is 2.23. The second-order valence-electron chi connectivity index (χ2n) is 5.76. The summed E-state index contributed by atoms with van der Waals surface area (Å²) in [6.07, 6.45) is 0.824. The number of ether oxygens (including phenoxy) is 1. The van der Waals surface area contributed by atoms with Crippen LogP contribution in [-0.4, -0.2) is 25.8 Å². The molecule has 0 aliphatic rings. The van der Waals surface area contributed by atoms with Crippen LogP contribution >= 0.6 is 0 Å². The Hall–Kier alpha value is -1.55. The van der Waals surface area contributed by atoms with Crippen LogP contribution < -0.4 is 10.6 Å². The molecule has 0 bridgehead atoms. The van der Waals surface area contributed by atoms with Crippen molar-refractivity contribution in [3.63, 3.8) is 0 Å². The van der Waals surface area contributed by atoms with Crippen molar-refractivity contribution >= 4 is 11.7 Å². The van der Waals surface area contributed by atoms with Gasteiger partial charge in [-0.05, 0) is 36.5 Å². The molecule has 2 amide bonds. The smallest absolute Gasteiger partial charge is 0.319 e. The summed E-state index contributed by atoms with van der Waals surface area (Å²) >= 11 is 0. The Balaban J connectivity index is 2.35. The molecule has 2 N–H and O–H groups in total. The van der Waals surface area contributed by atoms with Gasteiger partial charge < -0.3 is 15.4 Å². The Morgan fingerprint density at radius 1 is 1.20 bits per heavy atom. The van der Waals surface area contributed by atoms with Crippen LogP contribution in [0.1, 0.15) is 39.7 Å². The van der Waals surface area contributed by atoms with Crippen molar-refractivity contribution in [1.82, 2.24) is 5.32 Å². The Bertz CT molecular complexity index is 407. The summed E-state index contributed by atoms with van der Waals surface area (Å²) in [4.78, 5) is 11.7. The number of nitrogens with one attached hydrogen (secondary N) is 2. The quantitative estimate of drug-likeness (QED) is 0.782. The summed E-state index contributed by atoms with van der Waals surface area (Å²) in [7, 11) is 0. The van der Waals surface area contributed by atoms with Gasteiger partial charge in [-0.1, -0.05) is 32.9 Å². The molecule has 0 heterocycles. The number of urea groups is 1. The third kappa shape index (κ3) is 6.06. The lowest BCUT2D eigenvalue weighted by Gasteiger charge is -2.19. The van der Waals surface area contributed by atoms with Gasteiger partial charge in [0.15, 0.2) is 0 Å². The molecule has 0 spiro atoms. The van der Waals surface area contributed by atoms with Crippen molar-refractivity contribution in [3.8, 4) is 0 Å².